The van der Waals surface area contributed by atoms with Crippen LogP contribution in [0, 0.1) is 13.8 Å². The summed E-state index contributed by atoms with van der Waals surface area (Å²) in [6.07, 6.45) is 0. The summed E-state index contributed by atoms with van der Waals surface area (Å²) in [6, 6.07) is 6.30. The number of hydrogen-bond donors (Lipinski definition) is 4. The molecule has 0 atom stereocenters. The van der Waals surface area contributed by atoms with Crippen LogP contribution >= 0.6 is 11.3 Å². The average Bonchev–Trinajstić information content (AvgIpc) is 2.90. The van der Waals surface area contributed by atoms with Crippen LogP contribution in [0.4, 0.5) is 5.69 Å². The Morgan fingerprint density at radius 1 is 1.24 bits per heavy atom. The summed E-state index contributed by atoms with van der Waals surface area (Å²) in [4.78, 5) is 21.9. The van der Waals surface area contributed by atoms with Crippen molar-refractivity contribution in [3.63, 3.8) is 0 Å². The SMILES string of the molecule is CCNC(=NCC(=O)Nc1ccc(O)cc1)NCc1nc(C)c(C)s1. The summed E-state index contributed by atoms with van der Waals surface area (Å²) < 4.78 is 0. The van der Waals surface area contributed by atoms with Gasteiger partial charge in [0, 0.05) is 17.1 Å². The fraction of sp³-hybridized carbons (Fsp3) is 0.353. The molecule has 1 heterocycles. The fourth-order valence-corrected chi connectivity index (χ4v) is 2.89. The number of guanidine groups is 1. The van der Waals surface area contributed by atoms with E-state index in [1.165, 1.54) is 17.0 Å². The van der Waals surface area contributed by atoms with Crippen LogP contribution in [0.3, 0.4) is 0 Å². The number of aliphatic imine (C=N–C) groups is 1. The first kappa shape index (κ1) is 18.7. The number of nitrogens with zero attached hydrogens (tertiary/aromatic N) is 2. The van der Waals surface area contributed by atoms with Crippen molar-refractivity contribution in [1.29, 1.82) is 0 Å². The first-order chi connectivity index (χ1) is 12.0. The average molecular weight is 361 g/mol. The van der Waals surface area contributed by atoms with Crippen molar-refractivity contribution >= 4 is 28.9 Å². The molecule has 1 aromatic heterocycles. The molecule has 0 saturated heterocycles. The van der Waals surface area contributed by atoms with Crippen LogP contribution in [-0.2, 0) is 11.3 Å². The zero-order valence-corrected chi connectivity index (χ0v) is 15.4. The van der Waals surface area contributed by atoms with Crippen LogP contribution in [0.1, 0.15) is 22.5 Å². The Balaban J connectivity index is 1.89. The van der Waals surface area contributed by atoms with Crippen molar-refractivity contribution < 1.29 is 9.90 Å². The van der Waals surface area contributed by atoms with Crippen molar-refractivity contribution in [1.82, 2.24) is 15.6 Å². The summed E-state index contributed by atoms with van der Waals surface area (Å²) in [5.74, 6) is 0.486. The fourth-order valence-electron chi connectivity index (χ4n) is 2.01. The Hall–Kier alpha value is -2.61. The Labute approximate surface area is 151 Å². The monoisotopic (exact) mass is 361 g/mol. The van der Waals surface area contributed by atoms with E-state index in [2.05, 4.69) is 25.9 Å². The van der Waals surface area contributed by atoms with E-state index in [4.69, 9.17) is 0 Å². The molecule has 1 aromatic carbocycles. The van der Waals surface area contributed by atoms with Gasteiger partial charge < -0.3 is 21.1 Å². The molecule has 0 aliphatic carbocycles. The van der Waals surface area contributed by atoms with Crippen molar-refractivity contribution in [2.45, 2.75) is 27.3 Å². The summed E-state index contributed by atoms with van der Waals surface area (Å²) in [5, 5.41) is 19.2. The van der Waals surface area contributed by atoms with Gasteiger partial charge in [-0.15, -0.1) is 11.3 Å². The second-order valence-electron chi connectivity index (χ2n) is 5.39. The maximum Gasteiger partial charge on any atom is 0.246 e. The number of benzene rings is 1. The van der Waals surface area contributed by atoms with Gasteiger partial charge in [-0.2, -0.15) is 0 Å². The highest BCUT2D eigenvalue weighted by Crippen LogP contribution is 2.16. The van der Waals surface area contributed by atoms with Gasteiger partial charge in [0.2, 0.25) is 5.91 Å². The van der Waals surface area contributed by atoms with E-state index in [-0.39, 0.29) is 18.2 Å². The smallest absolute Gasteiger partial charge is 0.246 e. The number of amides is 1. The van der Waals surface area contributed by atoms with Gasteiger partial charge in [-0.3, -0.25) is 4.79 Å². The third kappa shape index (κ3) is 6.07. The van der Waals surface area contributed by atoms with Gasteiger partial charge >= 0.3 is 0 Å². The van der Waals surface area contributed by atoms with Gasteiger partial charge in [0.15, 0.2) is 5.96 Å². The largest absolute Gasteiger partial charge is 0.508 e. The number of rotatable bonds is 6. The first-order valence-electron chi connectivity index (χ1n) is 8.02. The molecule has 0 unspecified atom stereocenters. The van der Waals surface area contributed by atoms with E-state index in [1.54, 1.807) is 23.5 Å². The highest BCUT2D eigenvalue weighted by molar-refractivity contribution is 7.11. The van der Waals surface area contributed by atoms with Gasteiger partial charge in [-0.05, 0) is 45.0 Å². The van der Waals surface area contributed by atoms with Crippen molar-refractivity contribution in [3.8, 4) is 5.75 Å². The normalized spacial score (nSPS) is 11.2. The maximum absolute atomic E-state index is 12.0. The molecule has 0 radical (unpaired) electrons. The van der Waals surface area contributed by atoms with E-state index < -0.39 is 0 Å². The third-order valence-electron chi connectivity index (χ3n) is 3.36. The maximum atomic E-state index is 12.0. The van der Waals surface area contributed by atoms with Gasteiger partial charge in [-0.25, -0.2) is 9.98 Å². The van der Waals surface area contributed by atoms with Gasteiger partial charge in [0.05, 0.1) is 12.2 Å². The lowest BCUT2D eigenvalue weighted by molar-refractivity contribution is -0.114. The molecule has 2 rings (SSSR count). The number of carbonyl (C=O) groups excluding carboxylic acids is 1. The lowest BCUT2D eigenvalue weighted by atomic mass is 10.3. The summed E-state index contributed by atoms with van der Waals surface area (Å²) >= 11 is 1.65. The van der Waals surface area contributed by atoms with E-state index in [0.29, 0.717) is 24.7 Å². The molecule has 25 heavy (non-hydrogen) atoms. The van der Waals surface area contributed by atoms with E-state index in [0.717, 1.165) is 10.7 Å². The highest BCUT2D eigenvalue weighted by Gasteiger charge is 2.06. The van der Waals surface area contributed by atoms with Crippen LogP contribution in [0.5, 0.6) is 5.75 Å². The molecule has 4 N–H and O–H groups in total. The van der Waals surface area contributed by atoms with Gasteiger partial charge in [0.25, 0.3) is 0 Å². The highest BCUT2D eigenvalue weighted by atomic mass is 32.1. The molecule has 0 fully saturated rings. The quantitative estimate of drug-likeness (QED) is 0.359. The van der Waals surface area contributed by atoms with Gasteiger partial charge in [0.1, 0.15) is 17.3 Å². The van der Waals surface area contributed by atoms with E-state index in [1.807, 2.05) is 20.8 Å². The summed E-state index contributed by atoms with van der Waals surface area (Å²) in [5.41, 5.74) is 1.65. The predicted molar refractivity (Wildman–Crippen MR) is 101 cm³/mol. The minimum absolute atomic E-state index is 0.00780. The Bertz CT molecular complexity index is 720. The summed E-state index contributed by atoms with van der Waals surface area (Å²) in [7, 11) is 0. The lowest BCUT2D eigenvalue weighted by Gasteiger charge is -2.10. The van der Waals surface area contributed by atoms with Crippen molar-refractivity contribution in [2.75, 3.05) is 18.4 Å². The zero-order valence-electron chi connectivity index (χ0n) is 14.6. The van der Waals surface area contributed by atoms with Crippen LogP contribution in [0.2, 0.25) is 0 Å². The number of phenolic OH excluding ortho intramolecular Hbond substituents is 1. The first-order valence-corrected chi connectivity index (χ1v) is 8.83. The lowest BCUT2D eigenvalue weighted by Crippen LogP contribution is -2.37. The van der Waals surface area contributed by atoms with Crippen LogP contribution in [0.25, 0.3) is 0 Å². The van der Waals surface area contributed by atoms with Gasteiger partial charge in [-0.1, -0.05) is 0 Å². The number of anilines is 1. The molecule has 2 aromatic rings. The molecule has 0 bridgehead atoms. The van der Waals surface area contributed by atoms with Crippen LogP contribution < -0.4 is 16.0 Å². The number of aryl methyl sites for hydroxylation is 2. The minimum Gasteiger partial charge on any atom is -0.508 e. The number of aromatic hydroxyl groups is 1. The molecule has 134 valence electrons. The molecule has 0 spiro atoms. The Morgan fingerprint density at radius 3 is 2.56 bits per heavy atom. The number of nitrogens with one attached hydrogen (secondary N) is 3. The molecule has 0 aliphatic heterocycles. The number of thiazole rings is 1. The zero-order chi connectivity index (χ0) is 18.2. The van der Waals surface area contributed by atoms with Crippen molar-refractivity contribution in [3.05, 3.63) is 39.8 Å². The number of hydrogen-bond acceptors (Lipinski definition) is 5. The Kier molecular flexibility index (Phi) is 6.76. The predicted octanol–water partition coefficient (Wildman–Crippen LogP) is 2.16. The van der Waals surface area contributed by atoms with Crippen molar-refractivity contribution in [2.24, 2.45) is 4.99 Å². The minimum atomic E-state index is -0.233. The molecular formula is C17H23N5O2S. The molecule has 7 nitrogen and oxygen atoms in total. The molecule has 0 aliphatic rings. The molecule has 8 heteroatoms. The topological polar surface area (TPSA) is 98.6 Å². The Morgan fingerprint density at radius 2 is 1.96 bits per heavy atom. The number of carbonyl (C=O) groups is 1. The van der Waals surface area contributed by atoms with Crippen LogP contribution in [-0.4, -0.2) is 35.0 Å². The number of phenols is 1. The van der Waals surface area contributed by atoms with Crippen LogP contribution in [0.15, 0.2) is 29.3 Å². The standard InChI is InChI=1S/C17H23N5O2S/c1-4-18-17(20-10-16-21-11(2)12(3)25-16)19-9-15(24)22-13-5-7-14(23)8-6-13/h5-8,23H,4,9-10H2,1-3H3,(H,22,24)(H2,18,19,20). The third-order valence-corrected chi connectivity index (χ3v) is 4.43. The second-order valence-corrected chi connectivity index (χ2v) is 6.68. The molecule has 1 amide bonds. The molecular weight excluding hydrogens is 338 g/mol. The second kappa shape index (κ2) is 9.03. The van der Waals surface area contributed by atoms with E-state index in [9.17, 15) is 9.90 Å². The summed E-state index contributed by atoms with van der Waals surface area (Å²) in [6.45, 7) is 7.25. The number of aromatic nitrogens is 1. The molecule has 0 saturated carbocycles. The van der Waals surface area contributed by atoms with E-state index >= 15 is 0 Å².